The van der Waals surface area contributed by atoms with Gasteiger partial charge in [0.25, 0.3) is 16.7 Å². The van der Waals surface area contributed by atoms with Gasteiger partial charge in [-0.3, -0.25) is 46.2 Å². The van der Waals surface area contributed by atoms with Crippen molar-refractivity contribution in [3.63, 3.8) is 0 Å². The first-order valence-corrected chi connectivity index (χ1v) is 43.7. The molecule has 12 aromatic rings. The number of aryl methyl sites for hydroxylation is 3. The summed E-state index contributed by atoms with van der Waals surface area (Å²) in [5.74, 6) is -0.186. The Morgan fingerprint density at radius 3 is 1.09 bits per heavy atom. The highest BCUT2D eigenvalue weighted by Crippen LogP contribution is 2.38. The van der Waals surface area contributed by atoms with E-state index in [1.807, 2.05) is 13.8 Å². The molecule has 0 radical (unpaired) electrons. The molecule has 36 nitrogen and oxygen atoms in total. The van der Waals surface area contributed by atoms with E-state index >= 15 is 0 Å². The van der Waals surface area contributed by atoms with Crippen LogP contribution in [0.2, 0.25) is 0 Å². The van der Waals surface area contributed by atoms with Gasteiger partial charge in [-0.15, -0.1) is 14.4 Å². The monoisotopic (exact) mass is 1910 g/mol. The highest BCUT2D eigenvalue weighted by atomic mass is 127. The molecule has 44 heteroatoms. The van der Waals surface area contributed by atoms with E-state index in [9.17, 15) is 51.1 Å². The van der Waals surface area contributed by atoms with Gasteiger partial charge in [0, 0.05) is 98.4 Å². The van der Waals surface area contributed by atoms with Crippen LogP contribution in [-0.2, 0) is 67.7 Å². The third-order valence-corrected chi connectivity index (χ3v) is 24.2. The molecule has 9 aromatic heterocycles. The van der Waals surface area contributed by atoms with E-state index in [0.29, 0.717) is 140 Å². The zero-order valence-corrected chi connectivity index (χ0v) is 75.4. The van der Waals surface area contributed by atoms with Crippen molar-refractivity contribution in [2.75, 3.05) is 133 Å². The quantitative estimate of drug-likeness (QED) is 0.0121. The molecule has 13 rings (SSSR count). The molecule has 0 unspecified atom stereocenters. The number of thiophene rings is 3. The van der Waals surface area contributed by atoms with E-state index in [1.165, 1.54) is 167 Å². The molecule has 0 bridgehead atoms. The van der Waals surface area contributed by atoms with Crippen LogP contribution in [0.1, 0.15) is 91.6 Å². The number of ether oxygens (including phenoxy) is 9. The molecule has 0 saturated carbocycles. The van der Waals surface area contributed by atoms with Gasteiger partial charge in [0.2, 0.25) is 0 Å². The molecule has 3 atom stereocenters. The van der Waals surface area contributed by atoms with E-state index in [1.54, 1.807) is 50.8 Å². The first-order valence-electron chi connectivity index (χ1n) is 40.5. The second-order valence-corrected chi connectivity index (χ2v) is 31.8. The predicted molar refractivity (Wildman–Crippen MR) is 476 cm³/mol. The molecule has 1 aliphatic rings. The lowest BCUT2D eigenvalue weighted by molar-refractivity contribution is 0.00637. The van der Waals surface area contributed by atoms with Crippen molar-refractivity contribution in [2.45, 2.75) is 117 Å². The zero-order chi connectivity index (χ0) is 91.1. The number of benzene rings is 3. The van der Waals surface area contributed by atoms with Gasteiger partial charge in [0.05, 0.1) is 142 Å². The first-order chi connectivity index (χ1) is 61.0. The minimum absolute atomic E-state index is 0.00977. The van der Waals surface area contributed by atoms with Gasteiger partial charge in [-0.1, -0.05) is 69.4 Å². The lowest BCUT2D eigenvalue weighted by atomic mass is 10.1. The van der Waals surface area contributed by atoms with Crippen LogP contribution in [0.15, 0.2) is 121 Å². The van der Waals surface area contributed by atoms with Gasteiger partial charge in [-0.25, -0.2) is 32.3 Å². The Morgan fingerprint density at radius 1 is 0.456 bits per heavy atom. The summed E-state index contributed by atoms with van der Waals surface area (Å²) < 4.78 is 117. The van der Waals surface area contributed by atoms with Gasteiger partial charge >= 0.3 is 23.1 Å². The highest BCUT2D eigenvalue weighted by molar-refractivity contribution is 14.1. The number of aromatic nitrogens is 15. The van der Waals surface area contributed by atoms with Gasteiger partial charge in [-0.05, 0) is 121 Å². The van der Waals surface area contributed by atoms with Crippen LogP contribution in [-0.4, -0.2) is 216 Å². The summed E-state index contributed by atoms with van der Waals surface area (Å²) in [6, 6.07) is 12.2. The molecule has 0 spiro atoms. The molecule has 2 amide bonds. The number of carbonyl (C=O) groups is 1. The summed E-state index contributed by atoms with van der Waals surface area (Å²) in [4.78, 5) is 102. The minimum Gasteiger partial charge on any atom is -0.496 e. The summed E-state index contributed by atoms with van der Waals surface area (Å²) in [5.41, 5.74) is 16.3. The molecular weight excluding hydrogens is 1810 g/mol. The van der Waals surface area contributed by atoms with Crippen molar-refractivity contribution >= 4 is 93.3 Å². The maximum Gasteiger partial charge on any atom is 0.332 e. The van der Waals surface area contributed by atoms with Crippen molar-refractivity contribution in [1.82, 2.24) is 82.6 Å². The Kier molecular flexibility index (Phi) is 38.0. The van der Waals surface area contributed by atoms with Gasteiger partial charge in [0.1, 0.15) is 82.5 Å². The Balaban J connectivity index is 0.000000205. The van der Waals surface area contributed by atoms with E-state index in [4.69, 9.17) is 61.2 Å². The number of halogens is 5. The number of fused-ring (bicyclic) bond motifs is 3. The Morgan fingerprint density at radius 2 is 0.784 bits per heavy atom. The Bertz CT molecular complexity index is 5890. The fourth-order valence-corrected chi connectivity index (χ4v) is 17.9. The number of carbonyl (C=O) groups excluding carboxylic acids is 1. The number of nitrogens with two attached hydrogens (primary N) is 3. The van der Waals surface area contributed by atoms with E-state index < -0.39 is 65.5 Å². The van der Waals surface area contributed by atoms with E-state index in [2.05, 4.69) is 58.5 Å². The number of alkyl halides is 2. The SMILES string of the molecule is COCCO[C@@H](Cn1c(=O)n(CCCCCCN)c(=O)c2c(C)c(-n3nccn3)sc21)c1cc(F)ccc1OC.COCCO[C@@H](Cn1c(=O)n(CCI)c(=O)c2c(C)c(-n3nccn3)sc21)c1cc(F)ccc1OC.COCCO[C@@H](Cn1c(=O)n(CCN2CCCNC2=O)c(=O)c2c(C)c(-n3nccn3)sc21)c1cc(F)ccc1OC.NCCCN.[2H]CF. The second-order valence-electron chi connectivity index (χ2n) is 27.8. The Labute approximate surface area is 742 Å². The highest BCUT2D eigenvalue weighted by Gasteiger charge is 2.32. The zero-order valence-electron chi connectivity index (χ0n) is 71.8. The molecule has 125 heavy (non-hydrogen) atoms. The standard InChI is InChI=1S/C27H32FN7O6S.C27H35FN6O5S.C23H25FIN5O5S.C3H10N2.CH3F/c1-17-22-23(36)33(12-11-32-10-4-7-29-26(32)37)27(38)34(25(22)42-24(17)35-30-8-9-31-35)16-21(41-14-13-39-2)19-15-18(28)5-6-20(19)40-3;1-18-23-24(35)32(13-7-5-4-6-10-29)27(36)33(26(23)40-25(18)34-30-11-12-31-34)17-22(39-15-14-37-2)20-16-19(28)8-9-21(20)38-3;1-14-19-20(31)28(9-6-25)23(32)29(22(19)36-21(14)30-26-7-8-27-30)13-18(35-11-10-33-2)16-12-15(24)4-5-17(16)34-3;4-2-1-3-5;1-2/h5-6,8-9,15,21H,4,7,10-14,16H2,1-3H3,(H,29,37);8-9,11-12,16,22H,4-7,10,13-15,17,29H2,1-3H3;4-5,7-8,12,18H,6,9-11,13H2,1-3H3;1-5H2;1H3/t21-;22-;18-;;/m000../s1/i;;;;1D. The average molecular weight is 1910 g/mol. The second kappa shape index (κ2) is 49.0. The van der Waals surface area contributed by atoms with Crippen LogP contribution in [0, 0.1) is 38.2 Å². The number of hydrogen-bond acceptors (Lipinski definition) is 28. The predicted octanol–water partition coefficient (Wildman–Crippen LogP) is 8.25. The number of rotatable bonds is 40. The van der Waals surface area contributed by atoms with E-state index in [-0.39, 0.29) is 89.4 Å². The summed E-state index contributed by atoms with van der Waals surface area (Å²) in [5, 5.41) is 31.1. The number of urea groups is 1. The molecule has 1 saturated heterocycles. The van der Waals surface area contributed by atoms with Gasteiger partial charge < -0.3 is 70.0 Å². The number of hydrogen-bond donors (Lipinski definition) is 4. The summed E-state index contributed by atoms with van der Waals surface area (Å²) in [6.07, 6.45) is 11.9. The minimum atomic E-state index is -1.00. The number of nitrogens with one attached hydrogen (secondary N) is 1. The summed E-state index contributed by atoms with van der Waals surface area (Å²) in [6.45, 7) is 10.6. The topological polar surface area (TPSA) is 418 Å². The van der Waals surface area contributed by atoms with Crippen LogP contribution in [0.4, 0.5) is 22.4 Å². The van der Waals surface area contributed by atoms with Crippen LogP contribution < -0.4 is 70.5 Å². The molecule has 10 heterocycles. The number of nitrogens with zero attached hydrogens (tertiary/aromatic N) is 16. The Hall–Kier alpha value is -10.2. The third kappa shape index (κ3) is 24.1. The molecule has 7 N–H and O–H groups in total. The fraction of sp³-hybridized carbons (Fsp3) is 0.469. The van der Waals surface area contributed by atoms with Gasteiger partial charge in [0.15, 0.2) is 0 Å². The number of unbranched alkanes of at least 4 members (excludes halogenated alkanes) is 3. The average Bonchev–Trinajstić information content (AvgIpc) is 1.57. The van der Waals surface area contributed by atoms with Gasteiger partial charge in [-0.2, -0.15) is 30.6 Å². The molecule has 1 aliphatic heterocycles. The molecule has 678 valence electrons. The fourth-order valence-electron chi connectivity index (χ4n) is 13.8. The normalized spacial score (nSPS) is 12.8. The summed E-state index contributed by atoms with van der Waals surface area (Å²) >= 11 is 5.81. The summed E-state index contributed by atoms with van der Waals surface area (Å²) in [7, 11) is 8.08. The molecule has 0 aliphatic carbocycles. The molecule has 3 aromatic carbocycles. The molecular formula is C81H105F4IN20O16S3. The largest absolute Gasteiger partial charge is 0.496 e. The van der Waals surface area contributed by atoms with Crippen molar-refractivity contribution in [3.8, 4) is 32.3 Å². The lowest BCUT2D eigenvalue weighted by Gasteiger charge is -2.27. The number of methoxy groups -OCH3 is 6. The lowest BCUT2D eigenvalue weighted by Crippen LogP contribution is -2.49. The maximum atomic E-state index is 14.4. The van der Waals surface area contributed by atoms with Crippen LogP contribution >= 0.6 is 56.6 Å². The molecule has 1 fully saturated rings. The van der Waals surface area contributed by atoms with Crippen LogP contribution in [0.25, 0.3) is 45.7 Å². The van der Waals surface area contributed by atoms with Crippen molar-refractivity contribution in [2.24, 2.45) is 17.2 Å². The first kappa shape index (κ1) is 97.0. The van der Waals surface area contributed by atoms with Crippen molar-refractivity contribution in [1.29, 1.82) is 0 Å². The van der Waals surface area contributed by atoms with Crippen LogP contribution in [0.3, 0.4) is 0 Å². The van der Waals surface area contributed by atoms with Crippen LogP contribution in [0.5, 0.6) is 17.2 Å². The number of amides is 2. The van der Waals surface area contributed by atoms with E-state index in [0.717, 1.165) is 49.8 Å². The van der Waals surface area contributed by atoms with Crippen molar-refractivity contribution < 1.29 is 66.4 Å². The maximum absolute atomic E-state index is 14.4. The van der Waals surface area contributed by atoms with Crippen molar-refractivity contribution in [3.05, 3.63) is 205 Å². The smallest absolute Gasteiger partial charge is 0.332 e. The third-order valence-electron chi connectivity index (χ3n) is 19.9.